The van der Waals surface area contributed by atoms with Crippen LogP contribution in [0.25, 0.3) is 0 Å². The van der Waals surface area contributed by atoms with Gasteiger partial charge in [0.1, 0.15) is 0 Å². The van der Waals surface area contributed by atoms with Crippen LogP contribution in [-0.2, 0) is 6.54 Å². The van der Waals surface area contributed by atoms with Crippen LogP contribution in [0.15, 0.2) is 30.5 Å². The minimum atomic E-state index is 0.642. The monoisotopic (exact) mass is 248 g/mol. The van der Waals surface area contributed by atoms with Crippen LogP contribution in [0.3, 0.4) is 0 Å². The van der Waals surface area contributed by atoms with Gasteiger partial charge in [0.2, 0.25) is 5.88 Å². The Kier molecular flexibility index (Phi) is 6.44. The number of pyridine rings is 1. The molecule has 0 saturated heterocycles. The van der Waals surface area contributed by atoms with Gasteiger partial charge in [0, 0.05) is 24.7 Å². The molecule has 0 aliphatic rings. The molecule has 0 spiro atoms. The zero-order chi connectivity index (χ0) is 13.4. The topological polar surface area (TPSA) is 34.1 Å². The van der Waals surface area contributed by atoms with Gasteiger partial charge in [0.15, 0.2) is 0 Å². The summed E-state index contributed by atoms with van der Waals surface area (Å²) in [7, 11) is 0. The summed E-state index contributed by atoms with van der Waals surface area (Å²) in [5, 5.41) is 3.40. The number of nitrogens with one attached hydrogen (secondary N) is 1. The van der Waals surface area contributed by atoms with Crippen LogP contribution in [0.1, 0.15) is 32.8 Å². The molecule has 0 aromatic carbocycles. The van der Waals surface area contributed by atoms with Gasteiger partial charge >= 0.3 is 0 Å². The van der Waals surface area contributed by atoms with Gasteiger partial charge in [-0.3, -0.25) is 0 Å². The van der Waals surface area contributed by atoms with Crippen molar-refractivity contribution >= 4 is 0 Å². The number of aromatic nitrogens is 1. The van der Waals surface area contributed by atoms with Gasteiger partial charge in [-0.1, -0.05) is 25.5 Å². The van der Waals surface area contributed by atoms with Crippen molar-refractivity contribution in [2.75, 3.05) is 13.2 Å². The molecule has 0 fully saturated rings. The Balaban J connectivity index is 2.48. The summed E-state index contributed by atoms with van der Waals surface area (Å²) in [5.74, 6) is 1.38. The van der Waals surface area contributed by atoms with E-state index in [0.717, 1.165) is 36.5 Å². The number of hydrogen-bond acceptors (Lipinski definition) is 3. The maximum absolute atomic E-state index is 5.69. The molecule has 0 atom stereocenters. The van der Waals surface area contributed by atoms with E-state index in [1.54, 1.807) is 6.20 Å². The molecule has 0 aliphatic heterocycles. The van der Waals surface area contributed by atoms with Crippen LogP contribution in [-0.4, -0.2) is 18.1 Å². The van der Waals surface area contributed by atoms with Gasteiger partial charge in [-0.25, -0.2) is 4.98 Å². The minimum absolute atomic E-state index is 0.642. The third kappa shape index (κ3) is 5.82. The standard InChI is InChI=1S/C15H24N2O/c1-12(2)7-9-18-15-14(6-5-8-17-15)11-16-10-13(3)4/h5-6,8,13,16H,1,7,9-11H2,2-4H3. The van der Waals surface area contributed by atoms with Gasteiger partial charge in [-0.2, -0.15) is 0 Å². The van der Waals surface area contributed by atoms with Crippen molar-refractivity contribution < 1.29 is 4.74 Å². The lowest BCUT2D eigenvalue weighted by Crippen LogP contribution is -2.19. The molecule has 1 heterocycles. The number of hydrogen-bond donors (Lipinski definition) is 1. The summed E-state index contributed by atoms with van der Waals surface area (Å²) in [6, 6.07) is 3.99. The molecule has 0 aliphatic carbocycles. The van der Waals surface area contributed by atoms with Crippen molar-refractivity contribution in [1.29, 1.82) is 0 Å². The molecule has 0 bridgehead atoms. The molecule has 100 valence electrons. The Labute approximate surface area is 110 Å². The van der Waals surface area contributed by atoms with Crippen LogP contribution < -0.4 is 10.1 Å². The fourth-order valence-corrected chi connectivity index (χ4v) is 1.51. The molecule has 3 heteroatoms. The van der Waals surface area contributed by atoms with Crippen LogP contribution in [0.4, 0.5) is 0 Å². The second-order valence-electron chi connectivity index (χ2n) is 5.05. The molecule has 1 aromatic heterocycles. The van der Waals surface area contributed by atoms with E-state index in [4.69, 9.17) is 4.74 Å². The average Bonchev–Trinajstić information content (AvgIpc) is 2.30. The molecule has 1 rings (SSSR count). The largest absolute Gasteiger partial charge is 0.477 e. The van der Waals surface area contributed by atoms with Crippen molar-refractivity contribution in [2.24, 2.45) is 5.92 Å². The summed E-state index contributed by atoms with van der Waals surface area (Å²) in [6.45, 7) is 12.7. The van der Waals surface area contributed by atoms with Crippen molar-refractivity contribution in [3.8, 4) is 5.88 Å². The molecule has 0 unspecified atom stereocenters. The highest BCUT2D eigenvalue weighted by molar-refractivity contribution is 5.25. The van der Waals surface area contributed by atoms with Gasteiger partial charge in [-0.05, 0) is 25.5 Å². The lowest BCUT2D eigenvalue weighted by molar-refractivity contribution is 0.304. The van der Waals surface area contributed by atoms with Gasteiger partial charge in [-0.15, -0.1) is 6.58 Å². The summed E-state index contributed by atoms with van der Waals surface area (Å²) in [4.78, 5) is 4.28. The summed E-state index contributed by atoms with van der Waals surface area (Å²) in [5.41, 5.74) is 2.24. The molecule has 3 nitrogen and oxygen atoms in total. The SMILES string of the molecule is C=C(C)CCOc1ncccc1CNCC(C)C. The summed E-state index contributed by atoms with van der Waals surface area (Å²) in [6.07, 6.45) is 2.64. The van der Waals surface area contributed by atoms with E-state index in [9.17, 15) is 0 Å². The quantitative estimate of drug-likeness (QED) is 0.717. The first-order valence-corrected chi connectivity index (χ1v) is 6.51. The number of nitrogens with zero attached hydrogens (tertiary/aromatic N) is 1. The fraction of sp³-hybridized carbons (Fsp3) is 0.533. The van der Waals surface area contributed by atoms with E-state index in [0.29, 0.717) is 12.5 Å². The first-order valence-electron chi connectivity index (χ1n) is 6.51. The van der Waals surface area contributed by atoms with Crippen molar-refractivity contribution in [1.82, 2.24) is 10.3 Å². The first kappa shape index (κ1) is 14.7. The molecule has 18 heavy (non-hydrogen) atoms. The van der Waals surface area contributed by atoms with Crippen molar-refractivity contribution in [3.05, 3.63) is 36.0 Å². The maximum atomic E-state index is 5.69. The van der Waals surface area contributed by atoms with Crippen LogP contribution >= 0.6 is 0 Å². The third-order valence-electron chi connectivity index (χ3n) is 2.49. The zero-order valence-corrected chi connectivity index (χ0v) is 11.7. The van der Waals surface area contributed by atoms with E-state index < -0.39 is 0 Å². The van der Waals surface area contributed by atoms with Crippen molar-refractivity contribution in [2.45, 2.75) is 33.7 Å². The van der Waals surface area contributed by atoms with Crippen LogP contribution in [0, 0.1) is 5.92 Å². The number of rotatable bonds is 8. The molecule has 0 amide bonds. The van der Waals surface area contributed by atoms with Crippen molar-refractivity contribution in [3.63, 3.8) is 0 Å². The Morgan fingerprint density at radius 3 is 2.94 bits per heavy atom. The molecule has 0 radical (unpaired) electrons. The number of ether oxygens (including phenoxy) is 1. The highest BCUT2D eigenvalue weighted by Gasteiger charge is 2.04. The highest BCUT2D eigenvalue weighted by atomic mass is 16.5. The molecular weight excluding hydrogens is 224 g/mol. The van der Waals surface area contributed by atoms with Crippen LogP contribution in [0.5, 0.6) is 5.88 Å². The van der Waals surface area contributed by atoms with Gasteiger partial charge in [0.25, 0.3) is 0 Å². The second kappa shape index (κ2) is 7.88. The van der Waals surface area contributed by atoms with E-state index in [2.05, 4.69) is 36.8 Å². The fourth-order valence-electron chi connectivity index (χ4n) is 1.51. The van der Waals surface area contributed by atoms with E-state index >= 15 is 0 Å². The zero-order valence-electron chi connectivity index (χ0n) is 11.7. The second-order valence-corrected chi connectivity index (χ2v) is 5.05. The molecular formula is C15H24N2O. The highest BCUT2D eigenvalue weighted by Crippen LogP contribution is 2.14. The Morgan fingerprint density at radius 2 is 2.28 bits per heavy atom. The van der Waals surface area contributed by atoms with Gasteiger partial charge < -0.3 is 10.1 Å². The summed E-state index contributed by atoms with van der Waals surface area (Å²) >= 11 is 0. The van der Waals surface area contributed by atoms with E-state index in [1.807, 2.05) is 13.0 Å². The Morgan fingerprint density at radius 1 is 1.50 bits per heavy atom. The smallest absolute Gasteiger partial charge is 0.217 e. The summed E-state index contributed by atoms with van der Waals surface area (Å²) < 4.78 is 5.69. The maximum Gasteiger partial charge on any atom is 0.217 e. The predicted molar refractivity (Wildman–Crippen MR) is 75.7 cm³/mol. The van der Waals surface area contributed by atoms with E-state index in [1.165, 1.54) is 0 Å². The Hall–Kier alpha value is -1.35. The van der Waals surface area contributed by atoms with Crippen LogP contribution in [0.2, 0.25) is 0 Å². The lowest BCUT2D eigenvalue weighted by Gasteiger charge is -2.12. The normalized spacial score (nSPS) is 10.7. The van der Waals surface area contributed by atoms with E-state index in [-0.39, 0.29) is 0 Å². The lowest BCUT2D eigenvalue weighted by atomic mass is 10.2. The predicted octanol–water partition coefficient (Wildman–Crippen LogP) is 3.17. The Bertz CT molecular complexity index is 375. The van der Waals surface area contributed by atoms with Gasteiger partial charge in [0.05, 0.1) is 6.61 Å². The third-order valence-corrected chi connectivity index (χ3v) is 2.49. The molecule has 1 N–H and O–H groups in total. The molecule has 1 aromatic rings. The molecule has 0 saturated carbocycles. The first-order chi connectivity index (χ1) is 8.59. The minimum Gasteiger partial charge on any atom is -0.477 e. The average molecular weight is 248 g/mol.